The molecule has 3 heterocycles. The van der Waals surface area contributed by atoms with Crippen molar-refractivity contribution in [3.8, 4) is 11.6 Å². The number of likely N-dealkylation sites (tertiary alicyclic amines) is 1. The van der Waals surface area contributed by atoms with Gasteiger partial charge in [0.15, 0.2) is 0 Å². The predicted molar refractivity (Wildman–Crippen MR) is 220 cm³/mol. The second-order valence-corrected chi connectivity index (χ2v) is 15.9. The number of rotatable bonds is 23. The van der Waals surface area contributed by atoms with Gasteiger partial charge in [-0.3, -0.25) is 28.8 Å². The van der Waals surface area contributed by atoms with Crippen molar-refractivity contribution in [2.24, 2.45) is 5.73 Å². The molecule has 0 saturated carbocycles. The van der Waals surface area contributed by atoms with Gasteiger partial charge in [-0.2, -0.15) is 0 Å². The highest BCUT2D eigenvalue weighted by Gasteiger charge is 2.38. The van der Waals surface area contributed by atoms with Crippen molar-refractivity contribution in [3.63, 3.8) is 0 Å². The molecule has 20 heteroatoms. The topological polar surface area (TPSA) is 260 Å². The fourth-order valence-electron chi connectivity index (χ4n) is 7.06. The molecule has 5 amide bonds. The third kappa shape index (κ3) is 12.5. The predicted octanol–water partition coefficient (Wildman–Crippen LogP) is 3.43. The Bertz CT molecular complexity index is 2130. The zero-order valence-corrected chi connectivity index (χ0v) is 34.8. The van der Waals surface area contributed by atoms with Crippen molar-refractivity contribution < 1.29 is 52.6 Å². The lowest BCUT2D eigenvalue weighted by molar-refractivity contribution is -0.133. The van der Waals surface area contributed by atoms with E-state index in [1.54, 1.807) is 42.2 Å². The molecule has 1 aliphatic rings. The molecule has 2 unspecified atom stereocenters. The molecule has 4 atom stereocenters. The fraction of sp³-hybridized carbons (Fsp3) is 0.425. The number of nitrogens with two attached hydrogens (primary N) is 1. The van der Waals surface area contributed by atoms with Gasteiger partial charge in [-0.1, -0.05) is 23.7 Å². The van der Waals surface area contributed by atoms with Crippen LogP contribution in [0.25, 0.3) is 10.9 Å². The van der Waals surface area contributed by atoms with E-state index in [1.807, 2.05) is 6.07 Å². The summed E-state index contributed by atoms with van der Waals surface area (Å²) < 4.78 is 16.3. The molecular formula is C40H49ClN7O11P. The number of aryl methyl sites for hydroxylation is 1. The van der Waals surface area contributed by atoms with Crippen molar-refractivity contribution in [2.75, 3.05) is 26.3 Å². The number of hydrogen-bond donors (Lipinski definition) is 6. The number of primary amides is 1. The largest absolute Gasteiger partial charge is 0.490 e. The summed E-state index contributed by atoms with van der Waals surface area (Å²) in [5.41, 5.74) is 6.34. The maximum atomic E-state index is 13.6. The quantitative estimate of drug-likeness (QED) is 0.0356. The summed E-state index contributed by atoms with van der Waals surface area (Å²) in [7, 11) is -2.79. The third-order valence-electron chi connectivity index (χ3n) is 10.1. The molecule has 18 nitrogen and oxygen atoms in total. The summed E-state index contributed by atoms with van der Waals surface area (Å²) in [6.07, 6.45) is 4.74. The minimum absolute atomic E-state index is 0.0133. The Morgan fingerprint density at radius 3 is 2.63 bits per heavy atom. The fourth-order valence-corrected chi connectivity index (χ4v) is 7.71. The number of halogens is 1. The zero-order valence-electron chi connectivity index (χ0n) is 33.2. The van der Waals surface area contributed by atoms with E-state index in [4.69, 9.17) is 31.3 Å². The number of nitrogens with zero attached hydrogens (tertiary/aromatic N) is 3. The lowest BCUT2D eigenvalue weighted by atomic mass is 10.1. The lowest BCUT2D eigenvalue weighted by Crippen LogP contribution is -2.50. The minimum atomic E-state index is -2.79. The van der Waals surface area contributed by atoms with Gasteiger partial charge >= 0.3 is 0 Å². The Morgan fingerprint density at radius 1 is 1.13 bits per heavy atom. The highest BCUT2D eigenvalue weighted by molar-refractivity contribution is 7.65. The van der Waals surface area contributed by atoms with Crippen LogP contribution in [0, 0.1) is 0 Å². The summed E-state index contributed by atoms with van der Waals surface area (Å²) in [6.45, 7) is 3.95. The Hall–Kier alpha value is -5.55. The van der Waals surface area contributed by atoms with Gasteiger partial charge in [-0.15, -0.1) is 0 Å². The average Bonchev–Trinajstić information content (AvgIpc) is 3.99. The number of benzene rings is 2. The number of aromatic nitrogens is 2. The summed E-state index contributed by atoms with van der Waals surface area (Å²) in [6, 6.07) is 10.8. The molecule has 2 aromatic carbocycles. The molecular weight excluding hydrogens is 821 g/mol. The highest BCUT2D eigenvalue weighted by Crippen LogP contribution is 2.32. The average molecular weight is 870 g/mol. The maximum Gasteiger partial charge on any atom is 0.267 e. The summed E-state index contributed by atoms with van der Waals surface area (Å²) >= 11 is 6.68. The van der Waals surface area contributed by atoms with Gasteiger partial charge in [0, 0.05) is 61.1 Å². The number of aromatic amines is 1. The molecule has 0 spiro atoms. The standard InChI is InChI=1S/C40H49ClN7O11P/c1-24(43-38(52)32-20-28-19-27(40(54)60(55)56)8-11-31(28)45-32)21-47(25(2)50)16-14-30-10-12-33(48(30)23-49)39(53)44-29(9-13-35(42)51)22-58-34-7-3-5-26(37(34)41)6-4-17-57-36-15-18-59-46-36/h3,5,7-8,11,15,18-20,23-24,29-30,33,45,55-56H,4,6,9-10,12-14,16-17,21-22H2,1-2H3,(H2,42,51)(H,43,52)(H,44,53)/t24?,29-,30+,33?/m0/s1. The van der Waals surface area contributed by atoms with Crippen LogP contribution in [0.15, 0.2) is 59.3 Å². The first-order chi connectivity index (χ1) is 28.7. The van der Waals surface area contributed by atoms with Gasteiger partial charge in [0.1, 0.15) is 30.4 Å². The molecule has 1 saturated heterocycles. The lowest BCUT2D eigenvalue weighted by Gasteiger charge is -2.30. The smallest absolute Gasteiger partial charge is 0.267 e. The molecule has 1 fully saturated rings. The van der Waals surface area contributed by atoms with Gasteiger partial charge in [-0.25, -0.2) is 0 Å². The van der Waals surface area contributed by atoms with E-state index in [9.17, 15) is 38.6 Å². The van der Waals surface area contributed by atoms with E-state index in [0.717, 1.165) is 5.56 Å². The number of nitrogens with one attached hydrogen (secondary N) is 3. The summed E-state index contributed by atoms with van der Waals surface area (Å²) in [5.74, 6) is -0.858. The first-order valence-corrected chi connectivity index (χ1v) is 21.0. The second kappa shape index (κ2) is 21.6. The Kier molecular flexibility index (Phi) is 16.4. The molecule has 322 valence electrons. The maximum absolute atomic E-state index is 13.6. The van der Waals surface area contributed by atoms with E-state index < -0.39 is 49.7 Å². The Morgan fingerprint density at radius 2 is 1.93 bits per heavy atom. The molecule has 0 aliphatic carbocycles. The summed E-state index contributed by atoms with van der Waals surface area (Å²) in [5, 5.41) is 10.4. The molecule has 4 aromatic rings. The molecule has 0 radical (unpaired) electrons. The van der Waals surface area contributed by atoms with E-state index in [-0.39, 0.29) is 55.7 Å². The van der Waals surface area contributed by atoms with Crippen LogP contribution < -0.4 is 25.8 Å². The highest BCUT2D eigenvalue weighted by atomic mass is 35.5. The molecule has 5 rings (SSSR count). The number of fused-ring (bicyclic) bond motifs is 1. The van der Waals surface area contributed by atoms with E-state index in [2.05, 4.69) is 20.8 Å². The van der Waals surface area contributed by atoms with Crippen LogP contribution in [-0.4, -0.2) is 116 Å². The van der Waals surface area contributed by atoms with Crippen molar-refractivity contribution in [3.05, 3.63) is 76.6 Å². The second-order valence-electron chi connectivity index (χ2n) is 14.5. The molecule has 60 heavy (non-hydrogen) atoms. The SMILES string of the molecule is CC(=O)N(CC[C@H]1CCC(C(=O)N[C@@H](CCC(N)=O)COc2cccc(CCCOc3ccon3)c2Cl)N1C=O)CC(C)NC(=O)c1cc2cc(C(=O)P(O)O)ccc2[nH]1. The van der Waals surface area contributed by atoms with Crippen LogP contribution >= 0.6 is 20.0 Å². The first kappa shape index (κ1) is 45.5. The minimum Gasteiger partial charge on any atom is -0.490 e. The number of carbonyl (C=O) groups is 6. The molecule has 7 N–H and O–H groups in total. The van der Waals surface area contributed by atoms with Gasteiger partial charge in [-0.05, 0) is 86.5 Å². The number of ether oxygens (including phenoxy) is 2. The number of amides is 5. The van der Waals surface area contributed by atoms with Gasteiger partial charge in [0.05, 0.1) is 17.7 Å². The monoisotopic (exact) mass is 869 g/mol. The van der Waals surface area contributed by atoms with Gasteiger partial charge < -0.3 is 54.9 Å². The van der Waals surface area contributed by atoms with Crippen molar-refractivity contribution >= 4 is 66.4 Å². The third-order valence-corrected chi connectivity index (χ3v) is 11.2. The Labute approximate surface area is 352 Å². The number of H-pyrrole nitrogens is 1. The van der Waals surface area contributed by atoms with Gasteiger partial charge in [0.2, 0.25) is 38.0 Å². The van der Waals surface area contributed by atoms with Gasteiger partial charge in [0.25, 0.3) is 11.8 Å². The van der Waals surface area contributed by atoms with Crippen LogP contribution in [0.1, 0.15) is 78.8 Å². The molecule has 1 aliphatic heterocycles. The van der Waals surface area contributed by atoms with E-state index in [0.29, 0.717) is 72.7 Å². The Balaban J connectivity index is 1.12. The number of carbonyl (C=O) groups excluding carboxylic acids is 6. The van der Waals surface area contributed by atoms with Crippen LogP contribution in [0.5, 0.6) is 11.6 Å². The van der Waals surface area contributed by atoms with Crippen molar-refractivity contribution in [1.82, 2.24) is 30.6 Å². The van der Waals surface area contributed by atoms with Crippen LogP contribution in [-0.2, 0) is 25.6 Å². The summed E-state index contributed by atoms with van der Waals surface area (Å²) in [4.78, 5) is 100. The first-order valence-electron chi connectivity index (χ1n) is 19.4. The van der Waals surface area contributed by atoms with Crippen LogP contribution in [0.3, 0.4) is 0 Å². The van der Waals surface area contributed by atoms with Crippen LogP contribution in [0.2, 0.25) is 5.02 Å². The number of hydrogen-bond acceptors (Lipinski definition) is 12. The zero-order chi connectivity index (χ0) is 43.3. The normalized spacial score (nSPS) is 16.0. The molecule has 2 aromatic heterocycles. The van der Waals surface area contributed by atoms with E-state index in [1.165, 1.54) is 30.2 Å². The van der Waals surface area contributed by atoms with Crippen molar-refractivity contribution in [2.45, 2.75) is 83.0 Å². The van der Waals surface area contributed by atoms with Crippen LogP contribution in [0.4, 0.5) is 0 Å². The van der Waals surface area contributed by atoms with E-state index >= 15 is 0 Å². The van der Waals surface area contributed by atoms with Crippen molar-refractivity contribution in [1.29, 1.82) is 0 Å². The molecule has 0 bridgehead atoms.